The van der Waals surface area contributed by atoms with E-state index in [-0.39, 0.29) is 0 Å². The number of rotatable bonds is 5. The van der Waals surface area contributed by atoms with Crippen molar-refractivity contribution in [2.45, 2.75) is 5.41 Å². The minimum absolute atomic E-state index is 0.614. The van der Waals surface area contributed by atoms with Crippen molar-refractivity contribution in [1.29, 1.82) is 0 Å². The quantitative estimate of drug-likeness (QED) is 0.175. The Kier molecular flexibility index (Phi) is 8.07. The standard InChI is InChI=1S/C58H37N3/c1-3-18-38(19-4-1)40-22-17-23-41(36-40)55-59-56(61-57(60-55)50-30-10-7-24-43(50)39-20-5-2-6-21-39)42-34-35-49-45-26-9-8-25-44(45)46-27-11-14-31-51(46)58(54(49)37-42)52-32-15-12-28-47(52)48-29-13-16-33-53(48)58/h1-37H. The highest BCUT2D eigenvalue weighted by Gasteiger charge is 2.49. The summed E-state index contributed by atoms with van der Waals surface area (Å²) >= 11 is 0. The maximum Gasteiger partial charge on any atom is 0.164 e. The summed E-state index contributed by atoms with van der Waals surface area (Å²) in [5.41, 5.74) is 19.0. The van der Waals surface area contributed by atoms with Gasteiger partial charge in [-0.25, -0.2) is 15.0 Å². The zero-order chi connectivity index (χ0) is 40.3. The minimum Gasteiger partial charge on any atom is -0.208 e. The van der Waals surface area contributed by atoms with E-state index in [9.17, 15) is 0 Å². The fourth-order valence-electron chi connectivity index (χ4n) is 9.96. The summed E-state index contributed by atoms with van der Waals surface area (Å²) in [6.07, 6.45) is 0. The first kappa shape index (κ1) is 35.0. The van der Waals surface area contributed by atoms with Crippen LogP contribution in [0, 0.1) is 0 Å². The lowest BCUT2D eigenvalue weighted by Crippen LogP contribution is -2.29. The molecule has 0 radical (unpaired) electrons. The minimum atomic E-state index is -0.614. The Bertz CT molecular complexity index is 3270. The van der Waals surface area contributed by atoms with E-state index in [1.54, 1.807) is 0 Å². The number of hydrogen-bond acceptors (Lipinski definition) is 3. The zero-order valence-corrected chi connectivity index (χ0v) is 33.2. The van der Waals surface area contributed by atoms with Crippen LogP contribution in [0.1, 0.15) is 22.3 Å². The van der Waals surface area contributed by atoms with Crippen LogP contribution in [0.15, 0.2) is 224 Å². The first-order valence-corrected chi connectivity index (χ1v) is 20.9. The van der Waals surface area contributed by atoms with Crippen LogP contribution < -0.4 is 0 Å². The van der Waals surface area contributed by atoms with Crippen molar-refractivity contribution in [2.24, 2.45) is 0 Å². The largest absolute Gasteiger partial charge is 0.208 e. The molecular formula is C58H37N3. The molecular weight excluding hydrogens is 739 g/mol. The lowest BCUT2D eigenvalue weighted by atomic mass is 9.65. The van der Waals surface area contributed by atoms with Gasteiger partial charge in [-0.05, 0) is 90.0 Å². The predicted octanol–water partition coefficient (Wildman–Crippen LogP) is 14.2. The molecule has 0 bridgehead atoms. The SMILES string of the molecule is c1ccc(-c2cccc(-c3nc(-c4ccc5c(c4)C4(c6ccccc6-c6ccccc6-5)c5ccccc5-c5ccccc54)nc(-c4ccccc4-c4ccccc4)n3)c2)cc1. The third-order valence-corrected chi connectivity index (χ3v) is 12.6. The zero-order valence-electron chi connectivity index (χ0n) is 33.2. The summed E-state index contributed by atoms with van der Waals surface area (Å²) in [7, 11) is 0. The van der Waals surface area contributed by atoms with Crippen LogP contribution in [0.25, 0.3) is 89.8 Å². The molecule has 1 heterocycles. The maximum atomic E-state index is 5.41. The monoisotopic (exact) mass is 775 g/mol. The molecule has 3 heteroatoms. The molecule has 1 aromatic heterocycles. The Morgan fingerprint density at radius 2 is 0.607 bits per heavy atom. The summed E-state index contributed by atoms with van der Waals surface area (Å²) in [6.45, 7) is 0. The Morgan fingerprint density at radius 3 is 1.20 bits per heavy atom. The van der Waals surface area contributed by atoms with Gasteiger partial charge in [0, 0.05) is 16.7 Å². The highest BCUT2D eigenvalue weighted by atomic mass is 15.0. The average molecular weight is 776 g/mol. The molecule has 0 saturated heterocycles. The number of aromatic nitrogens is 3. The van der Waals surface area contributed by atoms with Gasteiger partial charge in [-0.15, -0.1) is 0 Å². The van der Waals surface area contributed by atoms with Crippen LogP contribution in [-0.2, 0) is 5.41 Å². The van der Waals surface area contributed by atoms with Crippen LogP contribution >= 0.6 is 0 Å². The topological polar surface area (TPSA) is 38.7 Å². The summed E-state index contributed by atoms with van der Waals surface area (Å²) in [4.78, 5) is 16.1. The van der Waals surface area contributed by atoms with Gasteiger partial charge in [0.05, 0.1) is 5.41 Å². The van der Waals surface area contributed by atoms with E-state index >= 15 is 0 Å². The molecule has 0 atom stereocenters. The third-order valence-electron chi connectivity index (χ3n) is 12.6. The van der Waals surface area contributed by atoms with Gasteiger partial charge in [0.15, 0.2) is 17.5 Å². The molecule has 10 aromatic rings. The molecule has 0 amide bonds. The third kappa shape index (κ3) is 5.48. The molecule has 0 fully saturated rings. The van der Waals surface area contributed by atoms with Crippen molar-refractivity contribution < 1.29 is 0 Å². The molecule has 284 valence electrons. The van der Waals surface area contributed by atoms with Crippen LogP contribution in [0.5, 0.6) is 0 Å². The smallest absolute Gasteiger partial charge is 0.164 e. The van der Waals surface area contributed by atoms with Gasteiger partial charge in [0.2, 0.25) is 0 Å². The Balaban J connectivity index is 1.15. The first-order valence-electron chi connectivity index (χ1n) is 20.9. The molecule has 2 aliphatic carbocycles. The highest BCUT2D eigenvalue weighted by Crippen LogP contribution is 2.61. The van der Waals surface area contributed by atoms with Crippen LogP contribution in [0.4, 0.5) is 0 Å². The molecule has 12 rings (SSSR count). The Hall–Kier alpha value is -8.01. The van der Waals surface area contributed by atoms with E-state index in [1.807, 2.05) is 12.1 Å². The summed E-state index contributed by atoms with van der Waals surface area (Å²) in [5, 5.41) is 0. The highest BCUT2D eigenvalue weighted by molar-refractivity contribution is 5.98. The number of hydrogen-bond donors (Lipinski definition) is 0. The van der Waals surface area contributed by atoms with Gasteiger partial charge in [0.1, 0.15) is 0 Å². The normalized spacial score (nSPS) is 12.7. The van der Waals surface area contributed by atoms with Gasteiger partial charge < -0.3 is 0 Å². The van der Waals surface area contributed by atoms with Gasteiger partial charge in [0.25, 0.3) is 0 Å². The fraction of sp³-hybridized carbons (Fsp3) is 0.0172. The van der Waals surface area contributed by atoms with E-state index < -0.39 is 5.41 Å². The van der Waals surface area contributed by atoms with Crippen LogP contribution in [0.3, 0.4) is 0 Å². The van der Waals surface area contributed by atoms with Crippen molar-refractivity contribution in [3.05, 3.63) is 247 Å². The second-order valence-electron chi connectivity index (χ2n) is 15.9. The molecule has 3 nitrogen and oxygen atoms in total. The number of nitrogens with zero attached hydrogens (tertiary/aromatic N) is 3. The van der Waals surface area contributed by atoms with E-state index in [0.29, 0.717) is 17.5 Å². The van der Waals surface area contributed by atoms with E-state index in [0.717, 1.165) is 38.9 Å². The second-order valence-corrected chi connectivity index (χ2v) is 15.9. The summed E-state index contributed by atoms with van der Waals surface area (Å²) in [5.74, 6) is 1.87. The van der Waals surface area contributed by atoms with Crippen molar-refractivity contribution >= 4 is 0 Å². The van der Waals surface area contributed by atoms with Crippen LogP contribution in [0.2, 0.25) is 0 Å². The summed E-state index contributed by atoms with van der Waals surface area (Å²) in [6, 6.07) is 80.6. The van der Waals surface area contributed by atoms with Crippen molar-refractivity contribution in [3.63, 3.8) is 0 Å². The average Bonchev–Trinajstić information content (AvgIpc) is 3.59. The lowest BCUT2D eigenvalue weighted by Gasteiger charge is -2.35. The second kappa shape index (κ2) is 14.1. The molecule has 2 aliphatic rings. The fourth-order valence-corrected chi connectivity index (χ4v) is 9.96. The maximum absolute atomic E-state index is 5.41. The molecule has 1 spiro atoms. The lowest BCUT2D eigenvalue weighted by molar-refractivity contribution is 0.775. The first-order chi connectivity index (χ1) is 30.3. The van der Waals surface area contributed by atoms with E-state index in [4.69, 9.17) is 15.0 Å². The van der Waals surface area contributed by atoms with Crippen LogP contribution in [-0.4, -0.2) is 15.0 Å². The van der Waals surface area contributed by atoms with Crippen molar-refractivity contribution in [2.75, 3.05) is 0 Å². The molecule has 0 N–H and O–H groups in total. The molecule has 0 unspecified atom stereocenters. The van der Waals surface area contributed by atoms with Gasteiger partial charge in [-0.2, -0.15) is 0 Å². The molecule has 0 saturated carbocycles. The van der Waals surface area contributed by atoms with Crippen molar-refractivity contribution in [1.82, 2.24) is 15.0 Å². The molecule has 0 aliphatic heterocycles. The van der Waals surface area contributed by atoms with Crippen molar-refractivity contribution in [3.8, 4) is 89.8 Å². The predicted molar refractivity (Wildman–Crippen MR) is 249 cm³/mol. The molecule has 9 aromatic carbocycles. The van der Waals surface area contributed by atoms with Gasteiger partial charge >= 0.3 is 0 Å². The Morgan fingerprint density at radius 1 is 0.213 bits per heavy atom. The van der Waals surface area contributed by atoms with E-state index in [2.05, 4.69) is 212 Å². The van der Waals surface area contributed by atoms with E-state index in [1.165, 1.54) is 55.6 Å². The number of benzene rings is 9. The van der Waals surface area contributed by atoms with Gasteiger partial charge in [-0.1, -0.05) is 212 Å². The Labute approximate surface area is 355 Å². The van der Waals surface area contributed by atoms with Gasteiger partial charge in [-0.3, -0.25) is 0 Å². The summed E-state index contributed by atoms with van der Waals surface area (Å²) < 4.78 is 0. The number of fused-ring (bicyclic) bond motifs is 12. The molecule has 61 heavy (non-hydrogen) atoms.